The van der Waals surface area contributed by atoms with Crippen LogP contribution in [0.3, 0.4) is 0 Å². The number of rotatable bonds is 7. The van der Waals surface area contributed by atoms with E-state index in [-0.39, 0.29) is 17.6 Å². The second-order valence-electron chi connectivity index (χ2n) is 6.70. The number of methoxy groups -OCH3 is 1. The highest BCUT2D eigenvalue weighted by Crippen LogP contribution is 2.42. The summed E-state index contributed by atoms with van der Waals surface area (Å²) >= 11 is 0. The summed E-state index contributed by atoms with van der Waals surface area (Å²) in [5.41, 5.74) is -1.26. The highest BCUT2D eigenvalue weighted by Gasteiger charge is 2.40. The third kappa shape index (κ3) is 4.03. The fraction of sp³-hybridized carbons (Fsp3) is 0.429. The van der Waals surface area contributed by atoms with E-state index in [2.05, 4.69) is 0 Å². The standard InChI is InChI=1S/C21H22F4O3/c1-3-4-15-6-5-13-11-18(17(12-22)19(23)20(13)27-15)21(24,25)28-16-9-7-14(26-2)8-10-16/h7-11,15H,3-6,12H2,1-2H3. The maximum atomic E-state index is 14.8. The normalized spacial score (nSPS) is 16.3. The number of hydrogen-bond donors (Lipinski definition) is 0. The SMILES string of the molecule is CCCC1CCc2cc(C(F)(F)Oc3ccc(OC)cc3)c(CF)c(F)c2O1. The van der Waals surface area contributed by atoms with Crippen LogP contribution in [0.4, 0.5) is 17.6 Å². The molecule has 1 unspecified atom stereocenters. The molecule has 2 aromatic rings. The minimum Gasteiger partial charge on any atom is -0.497 e. The van der Waals surface area contributed by atoms with Crippen molar-refractivity contribution in [3.05, 3.63) is 52.8 Å². The first-order valence-corrected chi connectivity index (χ1v) is 9.17. The Kier molecular flexibility index (Phi) is 6.01. The molecule has 0 saturated carbocycles. The van der Waals surface area contributed by atoms with Gasteiger partial charge < -0.3 is 14.2 Å². The topological polar surface area (TPSA) is 27.7 Å². The summed E-state index contributed by atoms with van der Waals surface area (Å²) in [5, 5.41) is 0. The first-order chi connectivity index (χ1) is 13.4. The lowest BCUT2D eigenvalue weighted by Gasteiger charge is -2.29. The molecule has 3 rings (SSSR count). The molecule has 2 aromatic carbocycles. The van der Waals surface area contributed by atoms with Gasteiger partial charge in [0.1, 0.15) is 18.2 Å². The molecule has 0 radical (unpaired) electrons. The van der Waals surface area contributed by atoms with Gasteiger partial charge in [0.05, 0.1) is 18.8 Å². The number of halogens is 4. The number of alkyl halides is 3. The summed E-state index contributed by atoms with van der Waals surface area (Å²) in [7, 11) is 1.45. The summed E-state index contributed by atoms with van der Waals surface area (Å²) < 4.78 is 73.3. The molecule has 1 aliphatic rings. The van der Waals surface area contributed by atoms with Gasteiger partial charge in [-0.2, -0.15) is 8.78 Å². The van der Waals surface area contributed by atoms with Crippen molar-refractivity contribution in [1.29, 1.82) is 0 Å². The maximum absolute atomic E-state index is 14.8. The van der Waals surface area contributed by atoms with Gasteiger partial charge in [-0.15, -0.1) is 0 Å². The Morgan fingerprint density at radius 3 is 2.46 bits per heavy atom. The van der Waals surface area contributed by atoms with E-state index >= 15 is 0 Å². The molecule has 0 aromatic heterocycles. The molecular formula is C21H22F4O3. The first-order valence-electron chi connectivity index (χ1n) is 9.17. The van der Waals surface area contributed by atoms with Crippen LogP contribution in [0.15, 0.2) is 30.3 Å². The average Bonchev–Trinajstić information content (AvgIpc) is 2.69. The third-order valence-corrected chi connectivity index (χ3v) is 4.78. The van der Waals surface area contributed by atoms with Crippen molar-refractivity contribution < 1.29 is 31.8 Å². The Hall–Kier alpha value is -2.44. The number of aryl methyl sites for hydroxylation is 1. The molecule has 0 bridgehead atoms. The van der Waals surface area contributed by atoms with Gasteiger partial charge in [0.25, 0.3) is 0 Å². The fourth-order valence-electron chi connectivity index (χ4n) is 3.34. The number of ether oxygens (including phenoxy) is 3. The van der Waals surface area contributed by atoms with Gasteiger partial charge >= 0.3 is 6.11 Å². The molecule has 152 valence electrons. The Morgan fingerprint density at radius 1 is 1.18 bits per heavy atom. The van der Waals surface area contributed by atoms with E-state index in [1.54, 1.807) is 0 Å². The smallest absolute Gasteiger partial charge is 0.427 e. The van der Waals surface area contributed by atoms with E-state index in [4.69, 9.17) is 14.2 Å². The molecule has 1 aliphatic heterocycles. The highest BCUT2D eigenvalue weighted by atomic mass is 19.3. The Bertz CT molecular complexity index is 821. The van der Waals surface area contributed by atoms with Gasteiger partial charge in [0, 0.05) is 5.56 Å². The van der Waals surface area contributed by atoms with Crippen molar-refractivity contribution in [3.8, 4) is 17.2 Å². The molecule has 0 saturated heterocycles. The van der Waals surface area contributed by atoms with Crippen LogP contribution in [0.5, 0.6) is 17.2 Å². The van der Waals surface area contributed by atoms with Crippen LogP contribution in [0.25, 0.3) is 0 Å². The van der Waals surface area contributed by atoms with Crippen LogP contribution in [-0.4, -0.2) is 13.2 Å². The largest absolute Gasteiger partial charge is 0.497 e. The molecule has 7 heteroatoms. The molecule has 0 N–H and O–H groups in total. The molecule has 1 atom stereocenters. The van der Waals surface area contributed by atoms with E-state index in [1.165, 1.54) is 31.4 Å². The number of fused-ring (bicyclic) bond motifs is 1. The Morgan fingerprint density at radius 2 is 1.86 bits per heavy atom. The molecule has 3 nitrogen and oxygen atoms in total. The zero-order chi connectivity index (χ0) is 20.3. The zero-order valence-electron chi connectivity index (χ0n) is 15.7. The van der Waals surface area contributed by atoms with Crippen LogP contribution >= 0.6 is 0 Å². The second kappa shape index (κ2) is 8.29. The Balaban J connectivity index is 1.94. The maximum Gasteiger partial charge on any atom is 0.427 e. The van der Waals surface area contributed by atoms with E-state index in [0.29, 0.717) is 24.2 Å². The predicted molar refractivity (Wildman–Crippen MR) is 96.4 cm³/mol. The van der Waals surface area contributed by atoms with Crippen molar-refractivity contribution >= 4 is 0 Å². The van der Waals surface area contributed by atoms with Crippen molar-refractivity contribution in [2.75, 3.05) is 7.11 Å². The summed E-state index contributed by atoms with van der Waals surface area (Å²) in [6.07, 6.45) is -1.55. The first kappa shape index (κ1) is 20.3. The van der Waals surface area contributed by atoms with Gasteiger partial charge in [-0.05, 0) is 55.2 Å². The highest BCUT2D eigenvalue weighted by molar-refractivity contribution is 5.47. The van der Waals surface area contributed by atoms with Crippen LogP contribution in [0.2, 0.25) is 0 Å². The Labute approximate surface area is 161 Å². The van der Waals surface area contributed by atoms with Gasteiger partial charge in [-0.3, -0.25) is 0 Å². The van der Waals surface area contributed by atoms with Crippen molar-refractivity contribution in [1.82, 2.24) is 0 Å². The van der Waals surface area contributed by atoms with Crippen molar-refractivity contribution in [3.63, 3.8) is 0 Å². The number of benzene rings is 2. The van der Waals surface area contributed by atoms with E-state index in [9.17, 15) is 17.6 Å². The summed E-state index contributed by atoms with van der Waals surface area (Å²) in [4.78, 5) is 0. The molecular weight excluding hydrogens is 376 g/mol. The quantitative estimate of drug-likeness (QED) is 0.542. The lowest BCUT2D eigenvalue weighted by molar-refractivity contribution is -0.186. The molecule has 0 spiro atoms. The van der Waals surface area contributed by atoms with E-state index < -0.39 is 29.7 Å². The minimum atomic E-state index is -3.91. The predicted octanol–water partition coefficient (Wildman–Crippen LogP) is 5.93. The fourth-order valence-corrected chi connectivity index (χ4v) is 3.34. The monoisotopic (exact) mass is 398 g/mol. The van der Waals surface area contributed by atoms with Gasteiger partial charge in [0.2, 0.25) is 0 Å². The molecule has 0 fully saturated rings. The van der Waals surface area contributed by atoms with E-state index in [1.807, 2.05) is 6.92 Å². The van der Waals surface area contributed by atoms with Crippen LogP contribution in [-0.2, 0) is 19.2 Å². The van der Waals surface area contributed by atoms with Crippen molar-refractivity contribution in [2.45, 2.75) is 51.5 Å². The van der Waals surface area contributed by atoms with Crippen molar-refractivity contribution in [2.24, 2.45) is 0 Å². The van der Waals surface area contributed by atoms with Gasteiger partial charge in [-0.1, -0.05) is 13.3 Å². The lowest BCUT2D eigenvalue weighted by atomic mass is 9.94. The summed E-state index contributed by atoms with van der Waals surface area (Å²) in [6.45, 7) is 0.584. The summed E-state index contributed by atoms with van der Waals surface area (Å²) in [5.74, 6) is -0.873. The second-order valence-corrected chi connectivity index (χ2v) is 6.70. The van der Waals surface area contributed by atoms with Crippen LogP contribution in [0, 0.1) is 5.82 Å². The lowest BCUT2D eigenvalue weighted by Crippen LogP contribution is -2.28. The summed E-state index contributed by atoms with van der Waals surface area (Å²) in [6, 6.07) is 6.61. The molecule has 0 aliphatic carbocycles. The van der Waals surface area contributed by atoms with Crippen LogP contribution < -0.4 is 14.2 Å². The van der Waals surface area contributed by atoms with E-state index in [0.717, 1.165) is 18.9 Å². The third-order valence-electron chi connectivity index (χ3n) is 4.78. The number of hydrogen-bond acceptors (Lipinski definition) is 3. The molecule has 1 heterocycles. The average molecular weight is 398 g/mol. The van der Waals surface area contributed by atoms with Gasteiger partial charge in [0.15, 0.2) is 11.6 Å². The molecule has 0 amide bonds. The van der Waals surface area contributed by atoms with Gasteiger partial charge in [-0.25, -0.2) is 8.78 Å². The minimum absolute atomic E-state index is 0.124. The molecule has 28 heavy (non-hydrogen) atoms. The zero-order valence-corrected chi connectivity index (χ0v) is 15.7. The van der Waals surface area contributed by atoms with Crippen LogP contribution in [0.1, 0.15) is 42.9 Å².